The Bertz CT molecular complexity index is 1220. The molecule has 1 aromatic heterocycles. The van der Waals surface area contributed by atoms with Crippen LogP contribution in [0.1, 0.15) is 15.2 Å². The fourth-order valence-corrected chi connectivity index (χ4v) is 4.00. The fourth-order valence-electron chi connectivity index (χ4n) is 3.17. The van der Waals surface area contributed by atoms with Gasteiger partial charge in [-0.05, 0) is 31.2 Å². The van der Waals surface area contributed by atoms with Crippen LogP contribution in [0.3, 0.4) is 0 Å². The summed E-state index contributed by atoms with van der Waals surface area (Å²) in [5.41, 5.74) is 0.195. The van der Waals surface area contributed by atoms with Crippen molar-refractivity contribution in [1.82, 2.24) is 4.98 Å². The number of nitro benzene ring substituents is 1. The van der Waals surface area contributed by atoms with E-state index in [0.717, 1.165) is 16.2 Å². The van der Waals surface area contributed by atoms with Gasteiger partial charge in [-0.3, -0.25) is 20.2 Å². The molecule has 0 bridgehead atoms. The third kappa shape index (κ3) is 4.98. The SMILES string of the molecule is COc1cc(C(=O)Nc2nc(-c3ccc(OC(F)F)cc3)c(C)s2)c([N+](=O)[O-])c(OC)c1OC. The minimum absolute atomic E-state index is 0.00475. The number of thiazole rings is 1. The monoisotopic (exact) mass is 495 g/mol. The van der Waals surface area contributed by atoms with Crippen molar-refractivity contribution in [2.75, 3.05) is 26.6 Å². The quantitative estimate of drug-likeness (QED) is 0.328. The zero-order valence-electron chi connectivity index (χ0n) is 18.4. The first kappa shape index (κ1) is 24.6. The summed E-state index contributed by atoms with van der Waals surface area (Å²) < 4.78 is 44.5. The second kappa shape index (κ2) is 10.3. The molecule has 3 rings (SSSR count). The summed E-state index contributed by atoms with van der Waals surface area (Å²) in [6, 6.07) is 7.03. The maximum atomic E-state index is 13.0. The Hall–Kier alpha value is -4.00. The summed E-state index contributed by atoms with van der Waals surface area (Å²) in [5.74, 6) is -1.04. The van der Waals surface area contributed by atoms with Gasteiger partial charge in [-0.2, -0.15) is 8.78 Å². The highest BCUT2D eigenvalue weighted by atomic mass is 32.1. The van der Waals surface area contributed by atoms with Gasteiger partial charge in [0.25, 0.3) is 5.91 Å². The van der Waals surface area contributed by atoms with Crippen molar-refractivity contribution in [3.05, 3.63) is 50.9 Å². The van der Waals surface area contributed by atoms with E-state index in [2.05, 4.69) is 15.0 Å². The van der Waals surface area contributed by atoms with Crippen LogP contribution in [0.2, 0.25) is 0 Å². The van der Waals surface area contributed by atoms with E-state index in [4.69, 9.17) is 14.2 Å². The lowest BCUT2D eigenvalue weighted by Crippen LogP contribution is -2.15. The molecular weight excluding hydrogens is 476 g/mol. The molecule has 0 atom stereocenters. The number of nitrogens with zero attached hydrogens (tertiary/aromatic N) is 2. The number of carbonyl (C=O) groups excluding carboxylic acids is 1. The maximum absolute atomic E-state index is 13.0. The van der Waals surface area contributed by atoms with E-state index in [-0.39, 0.29) is 33.7 Å². The van der Waals surface area contributed by atoms with E-state index in [9.17, 15) is 23.7 Å². The van der Waals surface area contributed by atoms with E-state index in [1.165, 1.54) is 39.5 Å². The highest BCUT2D eigenvalue weighted by Crippen LogP contribution is 2.46. The van der Waals surface area contributed by atoms with E-state index >= 15 is 0 Å². The molecule has 0 aliphatic rings. The van der Waals surface area contributed by atoms with E-state index in [1.807, 2.05) is 0 Å². The number of amides is 1. The highest BCUT2D eigenvalue weighted by Gasteiger charge is 2.33. The molecule has 1 heterocycles. The molecule has 180 valence electrons. The zero-order valence-corrected chi connectivity index (χ0v) is 19.2. The van der Waals surface area contributed by atoms with Crippen molar-refractivity contribution >= 4 is 28.1 Å². The van der Waals surface area contributed by atoms with Crippen LogP contribution in [0.15, 0.2) is 30.3 Å². The Morgan fingerprint density at radius 3 is 2.29 bits per heavy atom. The normalized spacial score (nSPS) is 10.7. The van der Waals surface area contributed by atoms with Crippen LogP contribution in [-0.4, -0.2) is 43.8 Å². The molecule has 0 saturated carbocycles. The van der Waals surface area contributed by atoms with Crippen LogP contribution in [0.4, 0.5) is 19.6 Å². The Balaban J connectivity index is 1.94. The summed E-state index contributed by atoms with van der Waals surface area (Å²) in [5, 5.41) is 14.5. The van der Waals surface area contributed by atoms with Gasteiger partial charge < -0.3 is 18.9 Å². The van der Waals surface area contributed by atoms with Crippen LogP contribution in [0.25, 0.3) is 11.3 Å². The molecule has 0 fully saturated rings. The average Bonchev–Trinajstić information content (AvgIpc) is 3.16. The van der Waals surface area contributed by atoms with Crippen LogP contribution in [0, 0.1) is 17.0 Å². The van der Waals surface area contributed by atoms with Gasteiger partial charge in [0.1, 0.15) is 11.3 Å². The largest absolute Gasteiger partial charge is 0.493 e. The first-order valence-corrected chi connectivity index (χ1v) is 10.3. The number of alkyl halides is 2. The Kier molecular flexibility index (Phi) is 7.46. The van der Waals surface area contributed by atoms with E-state index in [1.54, 1.807) is 19.1 Å². The Morgan fingerprint density at radius 2 is 1.76 bits per heavy atom. The number of carbonyl (C=O) groups is 1. The van der Waals surface area contributed by atoms with Crippen LogP contribution < -0.4 is 24.3 Å². The number of hydrogen-bond donors (Lipinski definition) is 1. The van der Waals surface area contributed by atoms with Gasteiger partial charge >= 0.3 is 12.3 Å². The summed E-state index contributed by atoms with van der Waals surface area (Å²) in [7, 11) is 3.81. The summed E-state index contributed by atoms with van der Waals surface area (Å²) >= 11 is 1.14. The van der Waals surface area contributed by atoms with E-state index in [0.29, 0.717) is 11.3 Å². The molecule has 0 spiro atoms. The smallest absolute Gasteiger partial charge is 0.387 e. The van der Waals surface area contributed by atoms with Crippen LogP contribution in [0.5, 0.6) is 23.0 Å². The molecule has 13 heteroatoms. The highest BCUT2D eigenvalue weighted by molar-refractivity contribution is 7.16. The van der Waals surface area contributed by atoms with Crippen molar-refractivity contribution in [2.24, 2.45) is 0 Å². The van der Waals surface area contributed by atoms with E-state index < -0.39 is 23.1 Å². The first-order valence-electron chi connectivity index (χ1n) is 9.51. The summed E-state index contributed by atoms with van der Waals surface area (Å²) in [6.45, 7) is -1.18. The van der Waals surface area contributed by atoms with Gasteiger partial charge in [-0.15, -0.1) is 11.3 Å². The second-order valence-electron chi connectivity index (χ2n) is 6.58. The molecule has 3 aromatic rings. The third-order valence-corrected chi connectivity index (χ3v) is 5.49. The summed E-state index contributed by atoms with van der Waals surface area (Å²) in [6.07, 6.45) is 0. The first-order chi connectivity index (χ1) is 16.2. The number of ether oxygens (including phenoxy) is 4. The minimum atomic E-state index is -2.94. The molecular formula is C21H19F2N3O7S. The Labute approximate surface area is 196 Å². The molecule has 0 aliphatic carbocycles. The molecule has 0 radical (unpaired) electrons. The van der Waals surface area contributed by atoms with Gasteiger partial charge in [0.15, 0.2) is 10.9 Å². The number of nitro groups is 1. The number of halogens is 2. The summed E-state index contributed by atoms with van der Waals surface area (Å²) in [4.78, 5) is 29.1. The third-order valence-electron chi connectivity index (χ3n) is 4.60. The molecule has 1 N–H and O–H groups in total. The van der Waals surface area contributed by atoms with Crippen molar-refractivity contribution in [3.8, 4) is 34.3 Å². The molecule has 0 aliphatic heterocycles. The number of hydrogen-bond acceptors (Lipinski definition) is 9. The number of rotatable bonds is 9. The number of aromatic nitrogens is 1. The zero-order chi connectivity index (χ0) is 25.0. The Morgan fingerprint density at radius 1 is 1.12 bits per heavy atom. The van der Waals surface area contributed by atoms with Crippen LogP contribution >= 0.6 is 11.3 Å². The lowest BCUT2D eigenvalue weighted by atomic mass is 10.1. The number of anilines is 1. The maximum Gasteiger partial charge on any atom is 0.387 e. The molecule has 0 saturated heterocycles. The lowest BCUT2D eigenvalue weighted by Gasteiger charge is -2.14. The number of methoxy groups -OCH3 is 3. The molecule has 34 heavy (non-hydrogen) atoms. The number of benzene rings is 2. The van der Waals surface area contributed by atoms with Crippen molar-refractivity contribution in [1.29, 1.82) is 0 Å². The molecule has 0 unspecified atom stereocenters. The standard InChI is InChI=1S/C21H19F2N3O7S/c1-10-15(11-5-7-12(8-6-11)33-20(22)23)24-21(34-10)25-19(27)13-9-14(30-2)17(31-3)18(32-4)16(13)26(28)29/h5-9,20H,1-4H3,(H,24,25,27). The van der Waals surface area contributed by atoms with Crippen molar-refractivity contribution < 1.29 is 37.4 Å². The molecule has 10 nitrogen and oxygen atoms in total. The fraction of sp³-hybridized carbons (Fsp3) is 0.238. The number of nitrogens with one attached hydrogen (secondary N) is 1. The van der Waals surface area contributed by atoms with Gasteiger partial charge in [0.05, 0.1) is 31.9 Å². The lowest BCUT2D eigenvalue weighted by molar-refractivity contribution is -0.386. The van der Waals surface area contributed by atoms with Gasteiger partial charge in [-0.1, -0.05) is 0 Å². The number of aryl methyl sites for hydroxylation is 1. The molecule has 1 amide bonds. The predicted molar refractivity (Wildman–Crippen MR) is 120 cm³/mol. The molecule has 2 aromatic carbocycles. The topological polar surface area (TPSA) is 122 Å². The van der Waals surface area contributed by atoms with Crippen molar-refractivity contribution in [3.63, 3.8) is 0 Å². The van der Waals surface area contributed by atoms with Crippen molar-refractivity contribution in [2.45, 2.75) is 13.5 Å². The van der Waals surface area contributed by atoms with Gasteiger partial charge in [0.2, 0.25) is 11.5 Å². The average molecular weight is 495 g/mol. The van der Waals surface area contributed by atoms with Gasteiger partial charge in [0, 0.05) is 16.5 Å². The van der Waals surface area contributed by atoms with Crippen LogP contribution in [-0.2, 0) is 0 Å². The minimum Gasteiger partial charge on any atom is -0.493 e. The second-order valence-corrected chi connectivity index (χ2v) is 7.78. The van der Waals surface area contributed by atoms with Gasteiger partial charge in [-0.25, -0.2) is 4.98 Å². The predicted octanol–water partition coefficient (Wildman–Crippen LogP) is 4.91.